The van der Waals surface area contributed by atoms with E-state index in [1.165, 1.54) is 48.9 Å². The highest BCUT2D eigenvalue weighted by Crippen LogP contribution is 2.46. The number of fused-ring (bicyclic) bond motifs is 18. The van der Waals surface area contributed by atoms with Crippen molar-refractivity contribution in [1.82, 2.24) is 28.7 Å². The molecule has 0 radical (unpaired) electrons. The van der Waals surface area contributed by atoms with Crippen LogP contribution in [0.5, 0.6) is 0 Å². The highest BCUT2D eigenvalue weighted by atomic mass is 16.3. The van der Waals surface area contributed by atoms with Crippen molar-refractivity contribution in [2.24, 2.45) is 0 Å². The van der Waals surface area contributed by atoms with Gasteiger partial charge in [-0.25, -0.2) is 15.0 Å². The summed E-state index contributed by atoms with van der Waals surface area (Å²) in [5.74, 6) is 0.881. The van der Waals surface area contributed by atoms with Gasteiger partial charge in [0.25, 0.3) is 0 Å². The Hall–Kier alpha value is -17.0. The molecule has 590 valence electrons. The lowest BCUT2D eigenvalue weighted by Crippen LogP contribution is -2.00. The Morgan fingerprint density at radius 1 is 0.167 bits per heavy atom. The van der Waals surface area contributed by atoms with E-state index >= 15 is 0 Å². The van der Waals surface area contributed by atoms with Crippen molar-refractivity contribution < 1.29 is 13.3 Å². The lowest BCUT2D eigenvalue weighted by atomic mass is 9.96. The van der Waals surface area contributed by atoms with Crippen LogP contribution in [-0.2, 0) is 0 Å². The second-order valence-electron chi connectivity index (χ2n) is 32.0. The molecule has 26 rings (SSSR count). The largest absolute Gasteiger partial charge is 0.455 e. The average molecular weight is 1610 g/mol. The van der Waals surface area contributed by atoms with Crippen LogP contribution in [0.15, 0.2) is 462 Å². The van der Waals surface area contributed by atoms with Crippen molar-refractivity contribution >= 4 is 131 Å². The molecule has 0 unspecified atom stereocenters. The van der Waals surface area contributed by atoms with E-state index in [0.29, 0.717) is 0 Å². The first kappa shape index (κ1) is 73.0. The van der Waals surface area contributed by atoms with Crippen LogP contribution in [0.25, 0.3) is 238 Å². The summed E-state index contributed by atoms with van der Waals surface area (Å²) in [6.07, 6.45) is 0. The number of hydrogen-bond acceptors (Lipinski definition) is 6. The van der Waals surface area contributed by atoms with Gasteiger partial charge in [-0.15, -0.1) is 0 Å². The summed E-state index contributed by atoms with van der Waals surface area (Å²) >= 11 is 0. The van der Waals surface area contributed by atoms with Crippen LogP contribution >= 0.6 is 0 Å². The molecular weight excluding hydrogens is 1540 g/mol. The molecule has 0 bridgehead atoms. The van der Waals surface area contributed by atoms with Gasteiger partial charge in [-0.05, 0) is 138 Å². The first-order chi connectivity index (χ1) is 62.5. The zero-order valence-electron chi connectivity index (χ0n) is 68.1. The van der Waals surface area contributed by atoms with Crippen molar-refractivity contribution in [3.05, 3.63) is 449 Å². The molecule has 9 heteroatoms. The number of aromatic nitrogens is 6. The summed E-state index contributed by atoms with van der Waals surface area (Å²) < 4.78 is 26.3. The first-order valence-electron chi connectivity index (χ1n) is 42.6. The maximum atomic E-state index is 6.49. The Balaban J connectivity index is 0.000000106. The normalized spacial score (nSPS) is 11.7. The Kier molecular flexibility index (Phi) is 17.7. The van der Waals surface area contributed by atoms with E-state index in [-0.39, 0.29) is 0 Å². The monoisotopic (exact) mass is 1610 g/mol. The Bertz CT molecular complexity index is 8660. The number of hydrogen-bond donors (Lipinski definition) is 0. The molecule has 0 amide bonds. The Morgan fingerprint density at radius 2 is 0.468 bits per heavy atom. The third-order valence-electron chi connectivity index (χ3n) is 24.6. The number of para-hydroxylation sites is 12. The molecule has 0 saturated carbocycles. The number of pyridine rings is 3. The van der Waals surface area contributed by atoms with E-state index in [1.54, 1.807) is 0 Å². The van der Waals surface area contributed by atoms with Gasteiger partial charge in [0.2, 0.25) is 0 Å². The smallest absolute Gasteiger partial charge is 0.143 e. The van der Waals surface area contributed by atoms with Gasteiger partial charge in [0, 0.05) is 121 Å². The van der Waals surface area contributed by atoms with Gasteiger partial charge in [0.05, 0.1) is 61.6 Å². The zero-order valence-corrected chi connectivity index (χ0v) is 68.1. The van der Waals surface area contributed by atoms with Crippen molar-refractivity contribution in [3.63, 3.8) is 0 Å². The highest BCUT2D eigenvalue weighted by molar-refractivity contribution is 6.18. The number of furan rings is 3. The van der Waals surface area contributed by atoms with Gasteiger partial charge in [-0.3, -0.25) is 4.57 Å². The summed E-state index contributed by atoms with van der Waals surface area (Å²) in [5.41, 5.74) is 31.0. The predicted octanol–water partition coefficient (Wildman–Crippen LogP) is 31.6. The van der Waals surface area contributed by atoms with Crippen LogP contribution in [0.2, 0.25) is 0 Å². The van der Waals surface area contributed by atoms with Crippen LogP contribution in [-0.4, -0.2) is 28.7 Å². The molecule has 0 saturated heterocycles. The average Bonchev–Trinajstić information content (AvgIpc) is 1.58. The Morgan fingerprint density at radius 3 is 0.929 bits per heavy atom. The fraction of sp³-hybridized carbons (Fsp3) is 0. The minimum Gasteiger partial charge on any atom is -0.455 e. The van der Waals surface area contributed by atoms with E-state index in [0.717, 1.165) is 189 Å². The van der Waals surface area contributed by atoms with Crippen molar-refractivity contribution in [2.75, 3.05) is 0 Å². The third-order valence-corrected chi connectivity index (χ3v) is 24.6. The SMILES string of the molecule is c1ccc(-c2cc(-c3cccc4c3oc3ccccc34)cc(-c3ccc4c(c3)c3ccccc3n4-c3ccccc3)n2)cc1.c1ccc(-c2cc(-c3cccc4c3oc3ccccc34)cc(-c3cccc4c3c3ccccc3n4-c3ccccc3)n2)cc1.c1ccc(-c2cc(-c3cccc4c3oc3ccccc34)cc(-n3c4ccccc4c4ccccc43)n2)cc1. The molecule has 0 aliphatic rings. The van der Waals surface area contributed by atoms with E-state index in [2.05, 4.69) is 408 Å². The van der Waals surface area contributed by atoms with Crippen molar-refractivity contribution in [1.29, 1.82) is 0 Å². The lowest BCUT2D eigenvalue weighted by Gasteiger charge is -2.13. The number of rotatable bonds is 11. The van der Waals surface area contributed by atoms with Crippen LogP contribution in [0.1, 0.15) is 0 Å². The molecule has 0 N–H and O–H groups in total. The molecule has 26 aromatic rings. The van der Waals surface area contributed by atoms with Crippen molar-refractivity contribution in [2.45, 2.75) is 0 Å². The summed E-state index contributed by atoms with van der Waals surface area (Å²) in [4.78, 5) is 15.8. The van der Waals surface area contributed by atoms with Gasteiger partial charge in [-0.1, -0.05) is 328 Å². The lowest BCUT2D eigenvalue weighted by molar-refractivity contribution is 0.669. The van der Waals surface area contributed by atoms with Gasteiger partial charge < -0.3 is 22.4 Å². The Labute approximate surface area is 724 Å². The second-order valence-corrected chi connectivity index (χ2v) is 32.0. The van der Waals surface area contributed by atoms with Gasteiger partial charge in [0.15, 0.2) is 0 Å². The maximum absolute atomic E-state index is 6.49. The summed E-state index contributed by atoms with van der Waals surface area (Å²) in [6, 6.07) is 157. The standard InChI is InChI=1S/2C41H26N2O.C35H22N2O/c1-3-13-27(14-4-1)35-25-28(30-19-11-20-32-31-17-8-10-24-39(31)44-41(30)32)26-36(42-35)33-21-12-23-38-40(33)34-18-7-9-22-37(34)43(38)29-15-5-2-6-16-29;1-3-12-27(13-4-1)36-25-29(31-18-11-19-34-33-17-8-10-21-40(33)44-41(31)34)26-37(42-36)28-22-23-39-35(24-28)32-16-7-9-20-38(32)43(39)30-14-5-2-6-15-30;1-2-11-23(12-3-1)30-21-24(25-16-10-17-29-28-15-6-9-20-33(28)38-35(25)29)22-34(36-30)37-31-18-7-4-13-26(31)27-14-5-8-19-32(27)37/h2*1-26H;1-22H. The van der Waals surface area contributed by atoms with Crippen LogP contribution < -0.4 is 0 Å². The second kappa shape index (κ2) is 30.6. The van der Waals surface area contributed by atoms with Crippen molar-refractivity contribution in [3.8, 4) is 107 Å². The molecule has 17 aromatic carbocycles. The first-order valence-corrected chi connectivity index (χ1v) is 42.6. The fourth-order valence-corrected chi connectivity index (χ4v) is 18.9. The number of benzene rings is 17. The van der Waals surface area contributed by atoms with Crippen LogP contribution in [0.3, 0.4) is 0 Å². The summed E-state index contributed by atoms with van der Waals surface area (Å²) in [6.45, 7) is 0. The molecule has 0 spiro atoms. The minimum absolute atomic E-state index is 0.881. The molecule has 9 nitrogen and oxygen atoms in total. The molecule has 9 heterocycles. The maximum Gasteiger partial charge on any atom is 0.143 e. The summed E-state index contributed by atoms with van der Waals surface area (Å²) in [7, 11) is 0. The predicted molar refractivity (Wildman–Crippen MR) is 521 cm³/mol. The third kappa shape index (κ3) is 12.6. The zero-order chi connectivity index (χ0) is 83.1. The van der Waals surface area contributed by atoms with Gasteiger partial charge >= 0.3 is 0 Å². The van der Waals surface area contributed by atoms with E-state index in [4.69, 9.17) is 28.2 Å². The number of nitrogens with zero attached hydrogens (tertiary/aromatic N) is 6. The van der Waals surface area contributed by atoms with Crippen LogP contribution in [0, 0.1) is 0 Å². The minimum atomic E-state index is 0.881. The topological polar surface area (TPSA) is 92.9 Å². The molecule has 9 aromatic heterocycles. The van der Waals surface area contributed by atoms with E-state index < -0.39 is 0 Å². The molecular formula is C117H74N6O3. The quantitative estimate of drug-likeness (QED) is 0.128. The molecule has 0 fully saturated rings. The molecule has 0 aliphatic heterocycles. The van der Waals surface area contributed by atoms with E-state index in [9.17, 15) is 0 Å². The van der Waals surface area contributed by atoms with Gasteiger partial charge in [-0.2, -0.15) is 0 Å². The highest BCUT2D eigenvalue weighted by Gasteiger charge is 2.24. The molecule has 126 heavy (non-hydrogen) atoms. The fourth-order valence-electron chi connectivity index (χ4n) is 18.9. The van der Waals surface area contributed by atoms with E-state index in [1.807, 2.05) is 54.6 Å². The van der Waals surface area contributed by atoms with Gasteiger partial charge in [0.1, 0.15) is 39.3 Å². The molecule has 0 atom stereocenters. The van der Waals surface area contributed by atoms with Crippen LogP contribution in [0.4, 0.5) is 0 Å². The molecule has 0 aliphatic carbocycles. The summed E-state index contributed by atoms with van der Waals surface area (Å²) in [5, 5.41) is 14.0.